The van der Waals surface area contributed by atoms with E-state index < -0.39 is 51.9 Å². The second-order valence-corrected chi connectivity index (χ2v) is 14.8. The number of benzene rings is 4. The van der Waals surface area contributed by atoms with Crippen molar-refractivity contribution < 1.29 is 31.2 Å². The first kappa shape index (κ1) is 36.9. The molecule has 0 bridgehead atoms. The summed E-state index contributed by atoms with van der Waals surface area (Å²) in [5, 5.41) is 2.84. The van der Waals surface area contributed by atoms with Crippen molar-refractivity contribution in [2.45, 2.75) is 75.1 Å². The molecular weight excluding hydrogens is 687 g/mol. The van der Waals surface area contributed by atoms with Crippen LogP contribution in [0, 0.1) is 6.92 Å². The molecule has 12 heteroatoms. The molecule has 1 atom stereocenters. The summed E-state index contributed by atoms with van der Waals surface area (Å²) in [5.41, 5.74) is 0.683. The predicted octanol–water partition coefficient (Wildman–Crippen LogP) is 7.95. The molecule has 1 N–H and O–H groups in total. The van der Waals surface area contributed by atoms with Crippen molar-refractivity contribution in [1.29, 1.82) is 0 Å². The van der Waals surface area contributed by atoms with Crippen LogP contribution in [0.3, 0.4) is 0 Å². The van der Waals surface area contributed by atoms with E-state index in [9.17, 15) is 31.2 Å². The van der Waals surface area contributed by atoms with E-state index in [0.717, 1.165) is 60.9 Å². The van der Waals surface area contributed by atoms with E-state index in [4.69, 9.17) is 11.6 Å². The summed E-state index contributed by atoms with van der Waals surface area (Å²) in [6, 6.07) is 24.7. The maximum atomic E-state index is 14.7. The van der Waals surface area contributed by atoms with Gasteiger partial charge in [0.05, 0.1) is 21.2 Å². The van der Waals surface area contributed by atoms with Crippen LogP contribution >= 0.6 is 11.6 Å². The fraction of sp³-hybridized carbons (Fsp3) is 0.316. The molecule has 5 rings (SSSR count). The van der Waals surface area contributed by atoms with E-state index in [0.29, 0.717) is 10.4 Å². The molecule has 0 aromatic heterocycles. The monoisotopic (exact) mass is 725 g/mol. The smallest absolute Gasteiger partial charge is 0.352 e. The molecule has 0 spiro atoms. The molecule has 0 heterocycles. The Morgan fingerprint density at radius 2 is 1.50 bits per heavy atom. The van der Waals surface area contributed by atoms with Crippen molar-refractivity contribution in [3.8, 4) is 0 Å². The number of carbonyl (C=O) groups excluding carboxylic acids is 2. The number of amides is 2. The van der Waals surface area contributed by atoms with Crippen LogP contribution in [0.2, 0.25) is 5.02 Å². The number of hydrogen-bond acceptors (Lipinski definition) is 4. The lowest BCUT2D eigenvalue weighted by Crippen LogP contribution is -2.55. The van der Waals surface area contributed by atoms with Gasteiger partial charge in [-0.25, -0.2) is 8.42 Å². The van der Waals surface area contributed by atoms with Gasteiger partial charge < -0.3 is 10.2 Å². The Kier molecular flexibility index (Phi) is 11.9. The number of sulfonamides is 1. The third-order valence-electron chi connectivity index (χ3n) is 8.98. The molecule has 1 aliphatic rings. The van der Waals surface area contributed by atoms with Crippen LogP contribution in [0.4, 0.5) is 18.9 Å². The van der Waals surface area contributed by atoms with Crippen LogP contribution in [0.25, 0.3) is 0 Å². The SMILES string of the molecule is Cc1ccccc1CN(C(=O)CN(c1cc(C(F)(F)F)ccc1Cl)S(=O)(=O)c1ccccc1)[C@H](Cc1ccccc1)C(=O)NC1CCCCC1. The van der Waals surface area contributed by atoms with E-state index in [2.05, 4.69) is 5.32 Å². The molecular formula is C38H39ClF3N3O4S. The van der Waals surface area contributed by atoms with Gasteiger partial charge in [-0.15, -0.1) is 0 Å². The van der Waals surface area contributed by atoms with Crippen molar-refractivity contribution in [2.75, 3.05) is 10.8 Å². The highest BCUT2D eigenvalue weighted by atomic mass is 35.5. The molecule has 0 aliphatic heterocycles. The van der Waals surface area contributed by atoms with E-state index in [1.54, 1.807) is 12.1 Å². The van der Waals surface area contributed by atoms with Gasteiger partial charge in [-0.3, -0.25) is 13.9 Å². The Labute approximate surface area is 296 Å². The van der Waals surface area contributed by atoms with Gasteiger partial charge in [-0.2, -0.15) is 13.2 Å². The van der Waals surface area contributed by atoms with Gasteiger partial charge >= 0.3 is 6.18 Å². The van der Waals surface area contributed by atoms with E-state index in [1.807, 2.05) is 55.5 Å². The topological polar surface area (TPSA) is 86.8 Å². The van der Waals surface area contributed by atoms with Crippen molar-refractivity contribution in [1.82, 2.24) is 10.2 Å². The number of carbonyl (C=O) groups is 2. The summed E-state index contributed by atoms with van der Waals surface area (Å²) in [7, 11) is -4.64. The summed E-state index contributed by atoms with van der Waals surface area (Å²) in [6.45, 7) is 0.879. The Balaban J connectivity index is 1.62. The number of nitrogens with one attached hydrogen (secondary N) is 1. The minimum absolute atomic E-state index is 0.0589. The summed E-state index contributed by atoms with van der Waals surface area (Å²) in [6.07, 6.45) is -0.109. The average Bonchev–Trinajstić information content (AvgIpc) is 3.10. The zero-order valence-electron chi connectivity index (χ0n) is 27.6. The van der Waals surface area contributed by atoms with Crippen molar-refractivity contribution in [3.63, 3.8) is 0 Å². The fourth-order valence-electron chi connectivity index (χ4n) is 6.18. The predicted molar refractivity (Wildman–Crippen MR) is 188 cm³/mol. The fourth-order valence-corrected chi connectivity index (χ4v) is 7.90. The second-order valence-electron chi connectivity index (χ2n) is 12.5. The standard InChI is InChI=1S/C38H39ClF3N3O4S/c1-27-13-11-12-16-29(27)25-44(35(23-28-14-5-2-6-15-28)37(47)43-31-17-7-3-8-18-31)36(46)26-45(50(48,49)32-19-9-4-10-20-32)34-24-30(38(40,41)42)21-22-33(34)39/h2,4-6,9-16,19-22,24,31,35H,3,7-8,17-18,23,25-26H2,1H3,(H,43,47)/t35-/m1/s1. The van der Waals surface area contributed by atoms with Gasteiger partial charge in [0.15, 0.2) is 0 Å². The number of nitrogens with zero attached hydrogens (tertiary/aromatic N) is 2. The maximum Gasteiger partial charge on any atom is 0.416 e. The minimum atomic E-state index is -4.82. The van der Waals surface area contributed by atoms with Gasteiger partial charge in [0.1, 0.15) is 12.6 Å². The molecule has 0 unspecified atom stereocenters. The van der Waals surface area contributed by atoms with Gasteiger partial charge in [0.25, 0.3) is 10.0 Å². The Morgan fingerprint density at radius 1 is 0.880 bits per heavy atom. The van der Waals surface area contributed by atoms with Crippen LogP contribution in [-0.2, 0) is 38.8 Å². The lowest BCUT2D eigenvalue weighted by atomic mass is 9.94. The largest absolute Gasteiger partial charge is 0.416 e. The molecule has 0 saturated heterocycles. The molecule has 2 amide bonds. The van der Waals surface area contributed by atoms with Crippen molar-refractivity contribution in [3.05, 3.63) is 130 Å². The van der Waals surface area contributed by atoms with Crippen LogP contribution in [-0.4, -0.2) is 43.8 Å². The highest BCUT2D eigenvalue weighted by molar-refractivity contribution is 7.92. The summed E-state index contributed by atoms with van der Waals surface area (Å²) < 4.78 is 70.8. The number of rotatable bonds is 12. The molecule has 7 nitrogen and oxygen atoms in total. The van der Waals surface area contributed by atoms with E-state index >= 15 is 0 Å². The van der Waals surface area contributed by atoms with Crippen molar-refractivity contribution >= 4 is 39.1 Å². The number of alkyl halides is 3. The average molecular weight is 726 g/mol. The van der Waals surface area contributed by atoms with Crippen LogP contribution < -0.4 is 9.62 Å². The third kappa shape index (κ3) is 9.05. The quantitative estimate of drug-likeness (QED) is 0.161. The van der Waals surface area contributed by atoms with E-state index in [1.165, 1.54) is 29.2 Å². The van der Waals surface area contributed by atoms with Crippen LogP contribution in [0.15, 0.2) is 108 Å². The van der Waals surface area contributed by atoms with Gasteiger partial charge in [-0.1, -0.05) is 104 Å². The first-order valence-electron chi connectivity index (χ1n) is 16.5. The number of aryl methyl sites for hydroxylation is 1. The number of anilines is 1. The van der Waals surface area contributed by atoms with Gasteiger partial charge in [0.2, 0.25) is 11.8 Å². The summed E-state index contributed by atoms with van der Waals surface area (Å²) >= 11 is 6.41. The molecule has 50 heavy (non-hydrogen) atoms. The van der Waals surface area contributed by atoms with Gasteiger partial charge in [-0.05, 0) is 66.8 Å². The molecule has 264 valence electrons. The maximum absolute atomic E-state index is 14.7. The number of halogens is 4. The first-order valence-corrected chi connectivity index (χ1v) is 18.3. The lowest BCUT2D eigenvalue weighted by Gasteiger charge is -2.35. The second kappa shape index (κ2) is 16.1. The Bertz CT molecular complexity index is 1890. The summed E-state index contributed by atoms with van der Waals surface area (Å²) in [4.78, 5) is 30.0. The molecule has 1 aliphatic carbocycles. The molecule has 4 aromatic carbocycles. The van der Waals surface area contributed by atoms with Crippen LogP contribution in [0.1, 0.15) is 54.4 Å². The highest BCUT2D eigenvalue weighted by Crippen LogP contribution is 2.37. The molecule has 1 fully saturated rings. The lowest BCUT2D eigenvalue weighted by molar-refractivity contribution is -0.140. The zero-order valence-corrected chi connectivity index (χ0v) is 29.1. The normalized spacial score (nSPS) is 14.5. The first-order chi connectivity index (χ1) is 23.8. The summed E-state index contributed by atoms with van der Waals surface area (Å²) in [5.74, 6) is -1.18. The molecule has 0 radical (unpaired) electrons. The minimum Gasteiger partial charge on any atom is -0.352 e. The Hall–Kier alpha value is -4.35. The highest BCUT2D eigenvalue weighted by Gasteiger charge is 2.38. The third-order valence-corrected chi connectivity index (χ3v) is 11.1. The number of hydrogen-bond donors (Lipinski definition) is 1. The van der Waals surface area contributed by atoms with Crippen LogP contribution in [0.5, 0.6) is 0 Å². The molecule has 1 saturated carbocycles. The van der Waals surface area contributed by atoms with Gasteiger partial charge in [0, 0.05) is 19.0 Å². The zero-order chi connectivity index (χ0) is 35.9. The van der Waals surface area contributed by atoms with E-state index in [-0.39, 0.29) is 28.9 Å². The van der Waals surface area contributed by atoms with Crippen molar-refractivity contribution in [2.24, 2.45) is 0 Å². The molecule has 4 aromatic rings. The Morgan fingerprint density at radius 3 is 2.14 bits per heavy atom.